The third kappa shape index (κ3) is 9.30. The fraction of sp³-hybridized carbons (Fsp3) is 0.577. The quantitative estimate of drug-likeness (QED) is 0.248. The van der Waals surface area contributed by atoms with Crippen molar-refractivity contribution in [3.63, 3.8) is 0 Å². The fourth-order valence-electron chi connectivity index (χ4n) is 3.38. The first-order valence-corrected chi connectivity index (χ1v) is 12.3. The molecule has 0 aliphatic heterocycles. The molecule has 0 saturated heterocycles. The lowest BCUT2D eigenvalue weighted by molar-refractivity contribution is -0.144. The average molecular weight is 490 g/mol. The molecule has 1 aromatic rings. The van der Waals surface area contributed by atoms with Gasteiger partial charge < -0.3 is 20.3 Å². The van der Waals surface area contributed by atoms with Crippen LogP contribution in [0.3, 0.4) is 0 Å². The maximum Gasteiger partial charge on any atom is 0.408 e. The number of amides is 3. The Kier molecular flexibility index (Phi) is 12.0. The van der Waals surface area contributed by atoms with Crippen LogP contribution < -0.4 is 10.6 Å². The number of alkyl carbamates (subject to hydrolysis) is 1. The van der Waals surface area contributed by atoms with Gasteiger partial charge in [0.25, 0.3) is 0 Å². The molecule has 0 fully saturated rings. The van der Waals surface area contributed by atoms with E-state index in [-0.39, 0.29) is 17.7 Å². The highest BCUT2D eigenvalue weighted by atomic mass is 32.1. The Morgan fingerprint density at radius 2 is 1.76 bits per heavy atom. The second-order valence-corrected chi connectivity index (χ2v) is 9.75. The summed E-state index contributed by atoms with van der Waals surface area (Å²) in [5, 5.41) is 5.55. The van der Waals surface area contributed by atoms with Crippen LogP contribution in [0.4, 0.5) is 4.79 Å². The number of unbranched alkanes of at least 4 members (excludes halogenated alkanes) is 2. The van der Waals surface area contributed by atoms with Crippen molar-refractivity contribution in [3.8, 4) is 12.3 Å². The van der Waals surface area contributed by atoms with Crippen LogP contribution in [0, 0.1) is 12.3 Å². The standard InChI is InChI=1S/C26H39N3O4S/c1-8-10-11-16-27-23(30)22(20-14-12-19(9-2)13-15-20)29(18(3)4)24(31)21(17-34)28-25(32)33-26(5,6)7/h2,12-15,18,21-22,34H,8,10-11,16-17H2,1,3-7H3,(H,27,30)(H,28,32). The summed E-state index contributed by atoms with van der Waals surface area (Å²) in [5.41, 5.74) is 0.587. The topological polar surface area (TPSA) is 87.7 Å². The molecule has 7 nitrogen and oxygen atoms in total. The van der Waals surface area contributed by atoms with Crippen molar-refractivity contribution >= 4 is 30.5 Å². The second-order valence-electron chi connectivity index (χ2n) is 9.39. The predicted octanol–water partition coefficient (Wildman–Crippen LogP) is 4.08. The third-order valence-corrected chi connectivity index (χ3v) is 5.35. The highest BCUT2D eigenvalue weighted by Crippen LogP contribution is 2.25. The van der Waals surface area contributed by atoms with Crippen LogP contribution in [-0.2, 0) is 14.3 Å². The van der Waals surface area contributed by atoms with Gasteiger partial charge in [-0.25, -0.2) is 4.79 Å². The zero-order chi connectivity index (χ0) is 25.9. The molecule has 2 N–H and O–H groups in total. The average Bonchev–Trinajstić information content (AvgIpc) is 2.76. The summed E-state index contributed by atoms with van der Waals surface area (Å²) in [4.78, 5) is 40.8. The van der Waals surface area contributed by atoms with Gasteiger partial charge in [-0.1, -0.05) is 37.8 Å². The number of carbonyl (C=O) groups is 3. The summed E-state index contributed by atoms with van der Waals surface area (Å²) in [5.74, 6) is 1.89. The number of benzene rings is 1. The Morgan fingerprint density at radius 3 is 2.24 bits per heavy atom. The van der Waals surface area contributed by atoms with E-state index in [1.807, 2.05) is 13.8 Å². The van der Waals surface area contributed by atoms with E-state index in [0.29, 0.717) is 17.7 Å². The lowest BCUT2D eigenvalue weighted by Gasteiger charge is -2.37. The van der Waals surface area contributed by atoms with Gasteiger partial charge >= 0.3 is 6.09 Å². The zero-order valence-corrected chi connectivity index (χ0v) is 22.1. The Bertz CT molecular complexity index is 856. The minimum Gasteiger partial charge on any atom is -0.444 e. The van der Waals surface area contributed by atoms with Crippen LogP contribution >= 0.6 is 12.6 Å². The maximum absolute atomic E-state index is 13.6. The summed E-state index contributed by atoms with van der Waals surface area (Å²) in [7, 11) is 0. The number of nitrogens with one attached hydrogen (secondary N) is 2. The molecule has 2 atom stereocenters. The Hall–Kier alpha value is -2.66. The minimum absolute atomic E-state index is 0.0438. The fourth-order valence-corrected chi connectivity index (χ4v) is 3.63. The lowest BCUT2D eigenvalue weighted by atomic mass is 10.00. The molecular weight excluding hydrogens is 450 g/mol. The Labute approximate surface area is 209 Å². The van der Waals surface area contributed by atoms with E-state index in [4.69, 9.17) is 11.2 Å². The number of hydrogen-bond donors (Lipinski definition) is 3. The highest BCUT2D eigenvalue weighted by Gasteiger charge is 2.37. The molecule has 1 rings (SSSR count). The van der Waals surface area contributed by atoms with Gasteiger partial charge in [-0.05, 0) is 58.7 Å². The van der Waals surface area contributed by atoms with Crippen molar-refractivity contribution in [3.05, 3.63) is 35.4 Å². The molecule has 8 heteroatoms. The Balaban J connectivity index is 3.29. The summed E-state index contributed by atoms with van der Waals surface area (Å²) in [6, 6.07) is 4.78. The number of terminal acetylenes is 1. The molecule has 1 aromatic carbocycles. The molecular formula is C26H39N3O4S. The van der Waals surface area contributed by atoms with E-state index in [9.17, 15) is 14.4 Å². The molecule has 0 aliphatic carbocycles. The summed E-state index contributed by atoms with van der Waals surface area (Å²) >= 11 is 4.28. The number of carbonyl (C=O) groups excluding carboxylic acids is 3. The van der Waals surface area contributed by atoms with E-state index in [1.165, 1.54) is 4.90 Å². The van der Waals surface area contributed by atoms with E-state index in [1.54, 1.807) is 45.0 Å². The molecule has 188 valence electrons. The highest BCUT2D eigenvalue weighted by molar-refractivity contribution is 7.80. The number of hydrogen-bond acceptors (Lipinski definition) is 5. The van der Waals surface area contributed by atoms with Gasteiger partial charge in [0.1, 0.15) is 17.7 Å². The van der Waals surface area contributed by atoms with Crippen molar-refractivity contribution in [2.45, 2.75) is 84.5 Å². The van der Waals surface area contributed by atoms with Crippen LogP contribution in [0.5, 0.6) is 0 Å². The van der Waals surface area contributed by atoms with Crippen LogP contribution in [0.2, 0.25) is 0 Å². The molecule has 0 spiro atoms. The van der Waals surface area contributed by atoms with Crippen LogP contribution in [-0.4, -0.2) is 52.8 Å². The summed E-state index contributed by atoms with van der Waals surface area (Å²) in [6.45, 7) is 11.5. The molecule has 0 aromatic heterocycles. The second kappa shape index (κ2) is 13.9. The molecule has 0 heterocycles. The van der Waals surface area contributed by atoms with Gasteiger partial charge in [-0.3, -0.25) is 9.59 Å². The molecule has 3 amide bonds. The van der Waals surface area contributed by atoms with Crippen molar-refractivity contribution < 1.29 is 19.1 Å². The molecule has 0 aliphatic rings. The zero-order valence-electron chi connectivity index (χ0n) is 21.2. The van der Waals surface area contributed by atoms with Gasteiger partial charge in [-0.15, -0.1) is 6.42 Å². The van der Waals surface area contributed by atoms with Crippen molar-refractivity contribution in [1.82, 2.24) is 15.5 Å². The maximum atomic E-state index is 13.6. The summed E-state index contributed by atoms with van der Waals surface area (Å²) in [6.07, 6.45) is 7.63. The predicted molar refractivity (Wildman–Crippen MR) is 139 cm³/mol. The monoisotopic (exact) mass is 489 g/mol. The van der Waals surface area contributed by atoms with Crippen molar-refractivity contribution in [2.24, 2.45) is 0 Å². The summed E-state index contributed by atoms with van der Waals surface area (Å²) < 4.78 is 5.30. The van der Waals surface area contributed by atoms with E-state index in [2.05, 4.69) is 36.1 Å². The van der Waals surface area contributed by atoms with Crippen LogP contribution in [0.1, 0.15) is 78.0 Å². The smallest absolute Gasteiger partial charge is 0.408 e. The van der Waals surface area contributed by atoms with E-state index < -0.39 is 29.7 Å². The molecule has 0 bridgehead atoms. The third-order valence-electron chi connectivity index (χ3n) is 4.98. The molecule has 2 unspecified atom stereocenters. The van der Waals surface area contributed by atoms with Crippen LogP contribution in [0.25, 0.3) is 0 Å². The number of nitrogens with zero attached hydrogens (tertiary/aromatic N) is 1. The van der Waals surface area contributed by atoms with Gasteiger partial charge in [0.05, 0.1) is 0 Å². The van der Waals surface area contributed by atoms with Crippen molar-refractivity contribution in [1.29, 1.82) is 0 Å². The SMILES string of the molecule is C#Cc1ccc(C(C(=O)NCCCCC)N(C(=O)C(CS)NC(=O)OC(C)(C)C)C(C)C)cc1. The van der Waals surface area contributed by atoms with Gasteiger partial charge in [0, 0.05) is 23.9 Å². The number of ether oxygens (including phenoxy) is 1. The first kappa shape index (κ1) is 29.4. The van der Waals surface area contributed by atoms with E-state index in [0.717, 1.165) is 19.3 Å². The molecule has 34 heavy (non-hydrogen) atoms. The van der Waals surface area contributed by atoms with Gasteiger partial charge in [0.2, 0.25) is 11.8 Å². The number of thiol groups is 1. The first-order valence-electron chi connectivity index (χ1n) is 11.7. The van der Waals surface area contributed by atoms with Crippen LogP contribution in [0.15, 0.2) is 24.3 Å². The van der Waals surface area contributed by atoms with E-state index >= 15 is 0 Å². The molecule has 0 radical (unpaired) electrons. The molecule has 0 saturated carbocycles. The van der Waals surface area contributed by atoms with Crippen molar-refractivity contribution in [2.75, 3.05) is 12.3 Å². The lowest BCUT2D eigenvalue weighted by Crippen LogP contribution is -2.55. The van der Waals surface area contributed by atoms with Gasteiger partial charge in [-0.2, -0.15) is 12.6 Å². The minimum atomic E-state index is -0.971. The number of rotatable bonds is 11. The Morgan fingerprint density at radius 1 is 1.15 bits per heavy atom. The normalized spacial score (nSPS) is 12.9. The largest absolute Gasteiger partial charge is 0.444 e. The van der Waals surface area contributed by atoms with Gasteiger partial charge in [0.15, 0.2) is 0 Å². The first-order chi connectivity index (χ1) is 15.9.